The molecule has 1 aromatic heterocycles. The number of hydrogen-bond donors (Lipinski definition) is 1. The highest BCUT2D eigenvalue weighted by molar-refractivity contribution is 7.16. The average Bonchev–Trinajstić information content (AvgIpc) is 2.96. The van der Waals surface area contributed by atoms with Gasteiger partial charge < -0.3 is 14.8 Å². The zero-order valence-corrected chi connectivity index (χ0v) is 18.0. The minimum atomic E-state index is -0.455. The van der Waals surface area contributed by atoms with Crippen LogP contribution in [-0.4, -0.2) is 31.1 Å². The maximum absolute atomic E-state index is 12.3. The summed E-state index contributed by atoms with van der Waals surface area (Å²) >= 11 is 1.39. The fourth-order valence-electron chi connectivity index (χ4n) is 2.76. The lowest BCUT2D eigenvalue weighted by Crippen LogP contribution is -2.16. The van der Waals surface area contributed by atoms with Gasteiger partial charge in [0.15, 0.2) is 0 Å². The van der Waals surface area contributed by atoms with Crippen molar-refractivity contribution < 1.29 is 23.9 Å². The number of amides is 1. The summed E-state index contributed by atoms with van der Waals surface area (Å²) in [4.78, 5) is 36.9. The Morgan fingerprint density at radius 1 is 1.11 bits per heavy atom. The minimum absolute atomic E-state index is 0.00583. The van der Waals surface area contributed by atoms with Crippen LogP contribution in [0.4, 0.5) is 5.00 Å². The number of rotatable bonds is 9. The normalized spacial score (nSPS) is 12.4. The molecule has 1 rings (SSSR count). The zero-order valence-electron chi connectivity index (χ0n) is 17.1. The van der Waals surface area contributed by atoms with Gasteiger partial charge in [0, 0.05) is 11.3 Å². The Hall–Kier alpha value is -1.89. The summed E-state index contributed by atoms with van der Waals surface area (Å²) in [7, 11) is 0. The van der Waals surface area contributed by atoms with E-state index in [1.807, 2.05) is 0 Å². The molecule has 6 nitrogen and oxygen atoms in total. The van der Waals surface area contributed by atoms with Crippen molar-refractivity contribution in [1.82, 2.24) is 0 Å². The Bertz CT molecular complexity index is 660. The van der Waals surface area contributed by atoms with E-state index in [-0.39, 0.29) is 43.3 Å². The van der Waals surface area contributed by atoms with Gasteiger partial charge in [-0.1, -0.05) is 27.7 Å². The van der Waals surface area contributed by atoms with Crippen LogP contribution in [0.2, 0.25) is 0 Å². The van der Waals surface area contributed by atoms with E-state index in [0.717, 1.165) is 11.3 Å². The molecule has 1 amide bonds. The highest BCUT2D eigenvalue weighted by Crippen LogP contribution is 2.38. The molecule has 1 aromatic rings. The molecule has 152 valence electrons. The number of nitrogens with one attached hydrogen (secondary N) is 1. The maximum Gasteiger partial charge on any atom is 0.341 e. The molecule has 27 heavy (non-hydrogen) atoms. The SMILES string of the molecule is CCOC(=O)CCC(=O)Nc1sc([C@@H](C)CC(C)(C)C)cc1C(=O)OCC. The summed E-state index contributed by atoms with van der Waals surface area (Å²) in [6.07, 6.45) is 0.963. The van der Waals surface area contributed by atoms with E-state index in [1.165, 1.54) is 11.3 Å². The Balaban J connectivity index is 2.93. The van der Waals surface area contributed by atoms with E-state index in [0.29, 0.717) is 10.6 Å². The highest BCUT2D eigenvalue weighted by atomic mass is 32.1. The van der Waals surface area contributed by atoms with E-state index in [4.69, 9.17) is 9.47 Å². The zero-order chi connectivity index (χ0) is 20.6. The largest absolute Gasteiger partial charge is 0.466 e. The summed E-state index contributed by atoms with van der Waals surface area (Å²) in [5.74, 6) is -0.952. The monoisotopic (exact) mass is 397 g/mol. The first-order valence-electron chi connectivity index (χ1n) is 9.33. The van der Waals surface area contributed by atoms with Gasteiger partial charge in [-0.2, -0.15) is 0 Å². The van der Waals surface area contributed by atoms with Gasteiger partial charge in [-0.3, -0.25) is 9.59 Å². The van der Waals surface area contributed by atoms with Crippen LogP contribution in [0.5, 0.6) is 0 Å². The third-order valence-corrected chi connectivity index (χ3v) is 5.05. The van der Waals surface area contributed by atoms with Crippen LogP contribution in [0.3, 0.4) is 0 Å². The predicted molar refractivity (Wildman–Crippen MR) is 107 cm³/mol. The summed E-state index contributed by atoms with van der Waals surface area (Å²) in [5.41, 5.74) is 0.512. The Morgan fingerprint density at radius 2 is 1.74 bits per heavy atom. The first-order valence-corrected chi connectivity index (χ1v) is 10.1. The van der Waals surface area contributed by atoms with Gasteiger partial charge in [-0.15, -0.1) is 11.3 Å². The van der Waals surface area contributed by atoms with E-state index in [2.05, 4.69) is 33.0 Å². The minimum Gasteiger partial charge on any atom is -0.466 e. The van der Waals surface area contributed by atoms with E-state index < -0.39 is 11.9 Å². The third-order valence-electron chi connectivity index (χ3n) is 3.77. The molecule has 0 spiro atoms. The van der Waals surface area contributed by atoms with Crippen molar-refractivity contribution in [3.63, 3.8) is 0 Å². The van der Waals surface area contributed by atoms with Crippen LogP contribution in [-0.2, 0) is 19.1 Å². The fraction of sp³-hybridized carbons (Fsp3) is 0.650. The van der Waals surface area contributed by atoms with Crippen LogP contribution in [0.25, 0.3) is 0 Å². The second-order valence-electron chi connectivity index (χ2n) is 7.63. The van der Waals surface area contributed by atoms with Gasteiger partial charge in [-0.05, 0) is 37.7 Å². The molecule has 1 heterocycles. The van der Waals surface area contributed by atoms with Crippen molar-refractivity contribution in [3.05, 3.63) is 16.5 Å². The Kier molecular flexibility index (Phi) is 8.96. The molecule has 7 heteroatoms. The summed E-state index contributed by atoms with van der Waals surface area (Å²) in [6, 6.07) is 1.81. The number of thiophene rings is 1. The number of esters is 2. The molecule has 0 fully saturated rings. The Morgan fingerprint density at radius 3 is 2.30 bits per heavy atom. The first-order chi connectivity index (χ1) is 12.6. The van der Waals surface area contributed by atoms with Crippen LogP contribution < -0.4 is 5.32 Å². The number of ether oxygens (including phenoxy) is 2. The molecule has 0 saturated carbocycles. The number of carbonyl (C=O) groups excluding carboxylic acids is 3. The molecule has 0 aliphatic carbocycles. The van der Waals surface area contributed by atoms with Crippen molar-refractivity contribution in [2.45, 2.75) is 66.7 Å². The maximum atomic E-state index is 12.3. The molecule has 0 aliphatic rings. The fourth-order valence-corrected chi connectivity index (χ4v) is 3.88. The molecule has 0 aromatic carbocycles. The lowest BCUT2D eigenvalue weighted by Gasteiger charge is -2.22. The molecule has 0 unspecified atom stereocenters. The van der Waals surface area contributed by atoms with Gasteiger partial charge in [0.05, 0.1) is 25.2 Å². The van der Waals surface area contributed by atoms with E-state index in [9.17, 15) is 14.4 Å². The lowest BCUT2D eigenvalue weighted by molar-refractivity contribution is -0.144. The molecular formula is C20H31NO5S. The van der Waals surface area contributed by atoms with Crippen molar-refractivity contribution >= 4 is 34.2 Å². The van der Waals surface area contributed by atoms with Gasteiger partial charge in [0.25, 0.3) is 0 Å². The smallest absolute Gasteiger partial charge is 0.341 e. The molecule has 1 atom stereocenters. The predicted octanol–water partition coefficient (Wildman–Crippen LogP) is 4.75. The van der Waals surface area contributed by atoms with Crippen LogP contribution >= 0.6 is 11.3 Å². The average molecular weight is 398 g/mol. The molecule has 0 saturated heterocycles. The van der Waals surface area contributed by atoms with E-state index in [1.54, 1.807) is 19.9 Å². The molecule has 0 aliphatic heterocycles. The summed E-state index contributed by atoms with van der Waals surface area (Å²) < 4.78 is 9.94. The lowest BCUT2D eigenvalue weighted by atomic mass is 9.85. The number of hydrogen-bond acceptors (Lipinski definition) is 6. The quantitative estimate of drug-likeness (QED) is 0.608. The van der Waals surface area contributed by atoms with Crippen LogP contribution in [0, 0.1) is 5.41 Å². The van der Waals surface area contributed by atoms with Crippen LogP contribution in [0.1, 0.15) is 82.0 Å². The number of carbonyl (C=O) groups is 3. The van der Waals surface area contributed by atoms with Crippen LogP contribution in [0.15, 0.2) is 6.07 Å². The first kappa shape index (κ1) is 23.1. The van der Waals surface area contributed by atoms with Gasteiger partial charge in [0.1, 0.15) is 5.00 Å². The van der Waals surface area contributed by atoms with Crippen molar-refractivity contribution in [2.24, 2.45) is 5.41 Å². The summed E-state index contributed by atoms with van der Waals surface area (Å²) in [5, 5.41) is 3.23. The third kappa shape index (κ3) is 8.12. The standard InChI is InChI=1S/C20H31NO5S/c1-7-25-17(23)10-9-16(22)21-18-14(19(24)26-8-2)11-15(27-18)13(3)12-20(4,5)6/h11,13H,7-10,12H2,1-6H3,(H,21,22)/t13-/m0/s1. The molecule has 0 bridgehead atoms. The second kappa shape index (κ2) is 10.4. The summed E-state index contributed by atoms with van der Waals surface area (Å²) in [6.45, 7) is 12.6. The molecular weight excluding hydrogens is 366 g/mol. The molecule has 0 radical (unpaired) electrons. The van der Waals surface area contributed by atoms with Crippen molar-refractivity contribution in [2.75, 3.05) is 18.5 Å². The van der Waals surface area contributed by atoms with Crippen molar-refractivity contribution in [1.29, 1.82) is 0 Å². The highest BCUT2D eigenvalue weighted by Gasteiger charge is 2.24. The van der Waals surface area contributed by atoms with E-state index >= 15 is 0 Å². The number of anilines is 1. The second-order valence-corrected chi connectivity index (χ2v) is 8.71. The van der Waals surface area contributed by atoms with Crippen molar-refractivity contribution in [3.8, 4) is 0 Å². The van der Waals surface area contributed by atoms with Gasteiger partial charge >= 0.3 is 11.9 Å². The molecule has 1 N–H and O–H groups in total. The van der Waals surface area contributed by atoms with Gasteiger partial charge in [-0.25, -0.2) is 4.79 Å². The Labute approximate surface area is 165 Å². The van der Waals surface area contributed by atoms with Gasteiger partial charge in [0.2, 0.25) is 5.91 Å². The topological polar surface area (TPSA) is 81.7 Å².